The molecule has 1 fully saturated rings. The highest BCUT2D eigenvalue weighted by Crippen LogP contribution is 2.41. The van der Waals surface area contributed by atoms with Gasteiger partial charge in [0.1, 0.15) is 31.7 Å². The van der Waals surface area contributed by atoms with Crippen molar-refractivity contribution in [3.63, 3.8) is 0 Å². The summed E-state index contributed by atoms with van der Waals surface area (Å²) in [5.41, 5.74) is 7.78. The third-order valence-electron chi connectivity index (χ3n) is 14.2. The number of amides is 4. The first-order valence-corrected chi connectivity index (χ1v) is 27.0. The Bertz CT molecular complexity index is 3420. The minimum atomic E-state index is -1.22. The first kappa shape index (κ1) is 56.3. The number of carboxylic acids is 1. The first-order valence-electron chi connectivity index (χ1n) is 27.0. The Hall–Kier alpha value is -8.46. The maximum atomic E-state index is 13.9. The predicted octanol–water partition coefficient (Wildman–Crippen LogP) is 6.78. The number of ether oxygens (including phenoxy) is 3. The van der Waals surface area contributed by atoms with E-state index in [1.54, 1.807) is 29.1 Å². The molecule has 4 heterocycles. The maximum Gasteiger partial charge on any atom is 0.462 e. The zero-order chi connectivity index (χ0) is 56.1. The highest BCUT2D eigenvalue weighted by Gasteiger charge is 2.40. The van der Waals surface area contributed by atoms with Crippen LogP contribution < -0.4 is 20.1 Å². The van der Waals surface area contributed by atoms with Crippen molar-refractivity contribution in [2.75, 3.05) is 98.9 Å². The van der Waals surface area contributed by atoms with Gasteiger partial charge < -0.3 is 38.9 Å². The number of aromatic nitrogens is 3. The van der Waals surface area contributed by atoms with E-state index < -0.39 is 11.9 Å². The minimum Gasteiger partial charge on any atom is -0.478 e. The smallest absolute Gasteiger partial charge is 0.462 e. The molecule has 0 bridgehead atoms. The van der Waals surface area contributed by atoms with Crippen LogP contribution in [0.1, 0.15) is 62.0 Å². The lowest BCUT2D eigenvalue weighted by Gasteiger charge is -2.38. The molecular weight excluding hydrogens is 1020 g/mol. The number of carboxylic acid groups (broad SMARTS) is 1. The van der Waals surface area contributed by atoms with Crippen molar-refractivity contribution in [3.05, 3.63) is 154 Å². The molecule has 4 aromatic carbocycles. The summed E-state index contributed by atoms with van der Waals surface area (Å²) < 4.78 is 28.5. The van der Waals surface area contributed by atoms with Gasteiger partial charge in [0, 0.05) is 79.6 Å². The molecule has 20 nitrogen and oxygen atoms in total. The second-order valence-corrected chi connectivity index (χ2v) is 20.3. The van der Waals surface area contributed by atoms with Crippen LogP contribution in [-0.4, -0.2) is 165 Å². The van der Waals surface area contributed by atoms with Crippen molar-refractivity contribution >= 4 is 46.7 Å². The number of hydrogen-bond acceptors (Lipinski definition) is 13. The van der Waals surface area contributed by atoms with Gasteiger partial charge in [0.25, 0.3) is 5.91 Å². The van der Waals surface area contributed by atoms with Crippen LogP contribution in [0.2, 0.25) is 0 Å². The SMILES string of the molecule is Cc1ccc(C2C=[N+](C(=O)N3CCN(C(=O)CCCc4cn(CCOCCOCCOCCNC(=O)c5ccc(-c6c7ccc(=[N+](C)C)cc-7oc7cc(N(C)C)ccc67)cc5C(=O)O)nn4)CC3Cc3ccccc3)N=N2)cc1. The van der Waals surface area contributed by atoms with Gasteiger partial charge in [0.2, 0.25) is 17.3 Å². The molecule has 2 atom stereocenters. The number of rotatable bonds is 23. The lowest BCUT2D eigenvalue weighted by molar-refractivity contribution is -0.442. The standard InChI is InChI=1S/C60H67N11O9/c1-41-14-16-43(17-15-41)53-40-71(65-63-53)60(76)70-26-25-68(39-48(70)34-42-10-7-6-8-11-42)56(72)13-9-12-45-38-69(64-62-45)27-29-78-31-33-79-32-30-77-28-24-61-58(73)49-21-18-44(35-52(49)59(74)75)57-50-22-19-46(66(2)3)36-54(50)80-55-37-47(67(4)5)20-23-51(55)57/h6-8,10-11,14-23,35-38,40,48,53H,9,12-13,24-34,39H2,1-5H3/p+2. The number of hydrogen-bond donors (Lipinski definition) is 2. The normalized spacial score (nSPS) is 15.1. The van der Waals surface area contributed by atoms with E-state index in [-0.39, 0.29) is 48.3 Å². The largest absolute Gasteiger partial charge is 0.478 e. The Labute approximate surface area is 464 Å². The number of nitrogens with zero attached hydrogens (tertiary/aromatic N) is 10. The van der Waals surface area contributed by atoms with E-state index in [1.165, 1.54) is 4.68 Å². The molecule has 1 saturated heterocycles. The zero-order valence-electron chi connectivity index (χ0n) is 46.0. The summed E-state index contributed by atoms with van der Waals surface area (Å²) in [7, 11) is 7.82. The van der Waals surface area contributed by atoms with E-state index in [4.69, 9.17) is 18.6 Å². The summed E-state index contributed by atoms with van der Waals surface area (Å²) in [6.07, 6.45) is 5.77. The van der Waals surface area contributed by atoms with Crippen LogP contribution in [0.25, 0.3) is 33.4 Å². The summed E-state index contributed by atoms with van der Waals surface area (Å²) in [6.45, 7) is 5.90. The van der Waals surface area contributed by atoms with E-state index in [0.717, 1.165) is 49.9 Å². The second kappa shape index (κ2) is 26.5. The van der Waals surface area contributed by atoms with E-state index in [1.807, 2.05) is 152 Å². The van der Waals surface area contributed by atoms with Crippen molar-refractivity contribution in [2.45, 2.75) is 51.2 Å². The highest BCUT2D eigenvalue weighted by molar-refractivity contribution is 6.08. The van der Waals surface area contributed by atoms with Gasteiger partial charge in [-0.05, 0) is 66.3 Å². The van der Waals surface area contributed by atoms with E-state index in [9.17, 15) is 24.3 Å². The molecule has 3 aliphatic heterocycles. The van der Waals surface area contributed by atoms with Gasteiger partial charge in [0.05, 0.1) is 100.0 Å². The fourth-order valence-electron chi connectivity index (χ4n) is 9.83. The molecule has 80 heavy (non-hydrogen) atoms. The molecule has 0 radical (unpaired) electrons. The fraction of sp³-hybridized carbons (Fsp3) is 0.367. The molecule has 20 heteroatoms. The van der Waals surface area contributed by atoms with E-state index >= 15 is 0 Å². The molecule has 5 aromatic rings. The van der Waals surface area contributed by atoms with Crippen LogP contribution in [0.3, 0.4) is 0 Å². The Morgan fingerprint density at radius 1 is 0.850 bits per heavy atom. The summed E-state index contributed by atoms with van der Waals surface area (Å²) in [6, 6.07) is 33.9. The number of urea groups is 1. The van der Waals surface area contributed by atoms with Crippen LogP contribution in [0.5, 0.6) is 0 Å². The fourth-order valence-corrected chi connectivity index (χ4v) is 9.83. The third kappa shape index (κ3) is 14.0. The molecule has 4 aliphatic rings. The number of aromatic carboxylic acids is 1. The first-order chi connectivity index (χ1) is 38.8. The Morgan fingerprint density at radius 3 is 2.36 bits per heavy atom. The van der Waals surface area contributed by atoms with Crippen LogP contribution in [-0.2, 0) is 38.4 Å². The van der Waals surface area contributed by atoms with Gasteiger partial charge in [0.15, 0.2) is 0 Å². The summed E-state index contributed by atoms with van der Waals surface area (Å²) in [5, 5.41) is 32.0. The number of nitrogens with one attached hydrogen (secondary N) is 1. The molecular formula is C60H69N11O9+2. The number of aryl methyl sites for hydroxylation is 2. The Balaban J connectivity index is 0.656. The molecule has 0 spiro atoms. The van der Waals surface area contributed by atoms with Crippen LogP contribution >= 0.6 is 0 Å². The number of carbonyl (C=O) groups excluding carboxylic acids is 3. The van der Waals surface area contributed by atoms with Gasteiger partial charge in [-0.25, -0.2) is 23.7 Å². The number of piperazine rings is 1. The number of carbonyl (C=O) groups is 4. The third-order valence-corrected chi connectivity index (χ3v) is 14.2. The molecule has 0 saturated carbocycles. The molecule has 416 valence electrons. The Morgan fingerprint density at radius 2 is 1.61 bits per heavy atom. The average Bonchev–Trinajstić information content (AvgIpc) is 4.03. The van der Waals surface area contributed by atoms with Crippen molar-refractivity contribution in [1.82, 2.24) is 34.7 Å². The monoisotopic (exact) mass is 1090 g/mol. The topological polar surface area (TPSA) is 213 Å². The van der Waals surface area contributed by atoms with Crippen molar-refractivity contribution < 1.29 is 47.6 Å². The number of benzene rings is 5. The van der Waals surface area contributed by atoms with Crippen molar-refractivity contribution in [3.8, 4) is 22.5 Å². The van der Waals surface area contributed by atoms with Gasteiger partial charge in [-0.1, -0.05) is 76.1 Å². The molecule has 4 amide bonds. The molecule has 2 unspecified atom stereocenters. The predicted molar refractivity (Wildman–Crippen MR) is 302 cm³/mol. The number of fused-ring (bicyclic) bond motifs is 2. The second-order valence-electron chi connectivity index (χ2n) is 20.3. The van der Waals surface area contributed by atoms with Gasteiger partial charge in [-0.3, -0.25) is 9.59 Å². The molecule has 1 aliphatic carbocycles. The minimum absolute atomic E-state index is 0.0412. The summed E-state index contributed by atoms with van der Waals surface area (Å²) in [4.78, 5) is 59.0. The summed E-state index contributed by atoms with van der Waals surface area (Å²) >= 11 is 0. The van der Waals surface area contributed by atoms with Gasteiger partial charge in [-0.15, -0.1) is 5.10 Å². The average molecular weight is 1090 g/mol. The highest BCUT2D eigenvalue weighted by atomic mass is 16.5. The van der Waals surface area contributed by atoms with E-state index in [0.29, 0.717) is 102 Å². The van der Waals surface area contributed by atoms with Crippen LogP contribution in [0.15, 0.2) is 130 Å². The zero-order valence-corrected chi connectivity index (χ0v) is 46.0. The summed E-state index contributed by atoms with van der Waals surface area (Å²) in [5.74, 6) is -1.05. The lowest BCUT2D eigenvalue weighted by Crippen LogP contribution is -2.58. The molecule has 2 N–H and O–H groups in total. The van der Waals surface area contributed by atoms with E-state index in [2.05, 4.69) is 26.0 Å². The van der Waals surface area contributed by atoms with Crippen molar-refractivity contribution in [2.24, 2.45) is 10.3 Å². The molecule has 9 rings (SSSR count). The van der Waals surface area contributed by atoms with Gasteiger partial charge in [-0.2, -0.15) is 0 Å². The van der Waals surface area contributed by atoms with Crippen LogP contribution in [0.4, 0.5) is 10.5 Å². The maximum absolute atomic E-state index is 13.9. The van der Waals surface area contributed by atoms with Crippen LogP contribution in [0, 0.1) is 6.92 Å². The lowest BCUT2D eigenvalue weighted by atomic mass is 9.91. The van der Waals surface area contributed by atoms with Gasteiger partial charge >= 0.3 is 12.0 Å². The molecule has 1 aromatic heterocycles. The Kier molecular flexibility index (Phi) is 18.6. The number of anilines is 1. The quantitative estimate of drug-likeness (QED) is 0.0386. The van der Waals surface area contributed by atoms with Crippen molar-refractivity contribution in [1.29, 1.82) is 0 Å².